The topological polar surface area (TPSA) is 86.2 Å². The summed E-state index contributed by atoms with van der Waals surface area (Å²) in [5.74, 6) is 0.693. The van der Waals surface area contributed by atoms with Gasteiger partial charge >= 0.3 is 5.97 Å². The van der Waals surface area contributed by atoms with Crippen molar-refractivity contribution in [2.24, 2.45) is 5.10 Å². The molecule has 0 saturated carbocycles. The molecule has 3 rings (SSSR count). The summed E-state index contributed by atoms with van der Waals surface area (Å²) in [7, 11) is 1.55. The Morgan fingerprint density at radius 2 is 1.52 bits per heavy atom. The number of amides is 1. The Morgan fingerprint density at radius 3 is 2.16 bits per heavy atom. The fraction of sp³-hybridized carbons (Fsp3) is 0.0870. The zero-order chi connectivity index (χ0) is 22.1. The Labute approximate surface area is 184 Å². The summed E-state index contributed by atoms with van der Waals surface area (Å²) in [6.07, 6.45) is 1.47. The molecule has 1 amide bonds. The number of ether oxygens (including phenoxy) is 3. The van der Waals surface area contributed by atoms with Crippen LogP contribution in [0.25, 0.3) is 0 Å². The van der Waals surface area contributed by atoms with Gasteiger partial charge in [0.15, 0.2) is 6.61 Å². The number of benzene rings is 3. The third kappa shape index (κ3) is 6.87. The highest BCUT2D eigenvalue weighted by molar-refractivity contribution is 6.30. The maximum absolute atomic E-state index is 12.2. The molecule has 0 unspecified atom stereocenters. The summed E-state index contributed by atoms with van der Waals surface area (Å²) < 4.78 is 15.7. The number of halogens is 1. The van der Waals surface area contributed by atoms with Crippen LogP contribution in [-0.4, -0.2) is 31.8 Å². The van der Waals surface area contributed by atoms with Gasteiger partial charge in [-0.05, 0) is 78.4 Å². The predicted octanol–water partition coefficient (Wildman–Crippen LogP) is 4.10. The molecule has 0 radical (unpaired) electrons. The van der Waals surface area contributed by atoms with Crippen LogP contribution in [0.15, 0.2) is 77.9 Å². The number of rotatable bonds is 8. The van der Waals surface area contributed by atoms with Crippen molar-refractivity contribution in [3.05, 3.63) is 88.9 Å². The number of carbonyl (C=O) groups is 2. The number of nitrogens with zero attached hydrogens (tertiary/aromatic N) is 1. The molecule has 0 fully saturated rings. The molecule has 0 spiro atoms. The van der Waals surface area contributed by atoms with E-state index < -0.39 is 11.9 Å². The minimum atomic E-state index is -0.475. The van der Waals surface area contributed by atoms with Gasteiger partial charge in [-0.2, -0.15) is 5.10 Å². The van der Waals surface area contributed by atoms with E-state index in [1.54, 1.807) is 79.9 Å². The average molecular weight is 439 g/mol. The highest BCUT2D eigenvalue weighted by Gasteiger charge is 2.08. The summed E-state index contributed by atoms with van der Waals surface area (Å²) in [5, 5.41) is 4.46. The molecule has 0 aliphatic heterocycles. The van der Waals surface area contributed by atoms with Gasteiger partial charge in [0.1, 0.15) is 17.2 Å². The SMILES string of the molecule is COc1ccc(C(=O)Oc2ccc(/C=N\NC(=O)COc3ccc(Cl)cc3)cc2)cc1. The normalized spacial score (nSPS) is 10.5. The van der Waals surface area contributed by atoms with E-state index in [0.717, 1.165) is 0 Å². The zero-order valence-corrected chi connectivity index (χ0v) is 17.3. The minimum Gasteiger partial charge on any atom is -0.497 e. The molecule has 3 aromatic carbocycles. The number of methoxy groups -OCH3 is 1. The van der Waals surface area contributed by atoms with E-state index in [0.29, 0.717) is 33.4 Å². The molecule has 0 aromatic heterocycles. The number of carbonyl (C=O) groups excluding carboxylic acids is 2. The van der Waals surface area contributed by atoms with Crippen molar-refractivity contribution < 1.29 is 23.8 Å². The Morgan fingerprint density at radius 1 is 0.903 bits per heavy atom. The fourth-order valence-corrected chi connectivity index (χ4v) is 2.53. The Balaban J connectivity index is 1.45. The highest BCUT2D eigenvalue weighted by atomic mass is 35.5. The fourth-order valence-electron chi connectivity index (χ4n) is 2.41. The molecule has 31 heavy (non-hydrogen) atoms. The molecular weight excluding hydrogens is 420 g/mol. The number of hydrogen-bond acceptors (Lipinski definition) is 6. The van der Waals surface area contributed by atoms with Crippen molar-refractivity contribution in [1.82, 2.24) is 5.43 Å². The van der Waals surface area contributed by atoms with Crippen LogP contribution in [0.2, 0.25) is 5.02 Å². The third-order valence-corrected chi connectivity index (χ3v) is 4.25. The highest BCUT2D eigenvalue weighted by Crippen LogP contribution is 2.17. The van der Waals surface area contributed by atoms with E-state index in [4.69, 9.17) is 25.8 Å². The summed E-state index contributed by atoms with van der Waals surface area (Å²) in [5.41, 5.74) is 3.50. The molecule has 0 aliphatic carbocycles. The van der Waals surface area contributed by atoms with Gasteiger partial charge in [0.2, 0.25) is 0 Å². The summed E-state index contributed by atoms with van der Waals surface area (Å²) >= 11 is 5.79. The van der Waals surface area contributed by atoms with Crippen molar-refractivity contribution in [3.63, 3.8) is 0 Å². The first kappa shape index (κ1) is 21.9. The monoisotopic (exact) mass is 438 g/mol. The standard InChI is InChI=1S/C23H19ClN2O5/c1-29-19-10-4-17(5-11-19)23(28)31-21-8-2-16(3-9-21)14-25-26-22(27)15-30-20-12-6-18(24)7-13-20/h2-14H,15H2,1H3,(H,26,27)/b25-14-. The van der Waals surface area contributed by atoms with Crippen LogP contribution < -0.4 is 19.6 Å². The Bertz CT molecular complexity index is 1050. The van der Waals surface area contributed by atoms with Crippen LogP contribution in [0.5, 0.6) is 17.2 Å². The summed E-state index contributed by atoms with van der Waals surface area (Å²) in [6, 6.07) is 20.0. The Hall–Kier alpha value is -3.84. The van der Waals surface area contributed by atoms with E-state index in [1.807, 2.05) is 0 Å². The summed E-state index contributed by atoms with van der Waals surface area (Å²) in [6.45, 7) is -0.181. The molecule has 0 saturated heterocycles. The lowest BCUT2D eigenvalue weighted by atomic mass is 10.2. The third-order valence-electron chi connectivity index (χ3n) is 4.00. The maximum Gasteiger partial charge on any atom is 0.343 e. The van der Waals surface area contributed by atoms with Gasteiger partial charge in [0.25, 0.3) is 5.91 Å². The van der Waals surface area contributed by atoms with E-state index >= 15 is 0 Å². The number of hydrogen-bond donors (Lipinski definition) is 1. The van der Waals surface area contributed by atoms with Crippen LogP contribution in [0, 0.1) is 0 Å². The lowest BCUT2D eigenvalue weighted by Crippen LogP contribution is -2.24. The molecular formula is C23H19ClN2O5. The van der Waals surface area contributed by atoms with Crippen LogP contribution in [0.4, 0.5) is 0 Å². The lowest BCUT2D eigenvalue weighted by Gasteiger charge is -2.06. The van der Waals surface area contributed by atoms with Gasteiger partial charge in [-0.3, -0.25) is 4.79 Å². The molecule has 0 bridgehead atoms. The molecule has 3 aromatic rings. The van der Waals surface area contributed by atoms with Gasteiger partial charge in [-0.1, -0.05) is 11.6 Å². The van der Waals surface area contributed by atoms with Crippen molar-refractivity contribution >= 4 is 29.7 Å². The van der Waals surface area contributed by atoms with E-state index in [1.165, 1.54) is 6.21 Å². The average Bonchev–Trinajstić information content (AvgIpc) is 2.80. The van der Waals surface area contributed by atoms with Crippen molar-refractivity contribution in [2.75, 3.05) is 13.7 Å². The van der Waals surface area contributed by atoms with Crippen molar-refractivity contribution in [3.8, 4) is 17.2 Å². The Kier molecular flexibility index (Phi) is 7.61. The van der Waals surface area contributed by atoms with Crippen LogP contribution in [-0.2, 0) is 4.79 Å². The van der Waals surface area contributed by atoms with E-state index in [2.05, 4.69) is 10.5 Å². The van der Waals surface area contributed by atoms with Crippen molar-refractivity contribution in [1.29, 1.82) is 0 Å². The van der Waals surface area contributed by atoms with E-state index in [-0.39, 0.29) is 6.61 Å². The number of esters is 1. The van der Waals surface area contributed by atoms with Gasteiger partial charge < -0.3 is 14.2 Å². The largest absolute Gasteiger partial charge is 0.497 e. The first-order chi connectivity index (χ1) is 15.0. The molecule has 158 valence electrons. The zero-order valence-electron chi connectivity index (χ0n) is 16.6. The second-order valence-corrected chi connectivity index (χ2v) is 6.66. The van der Waals surface area contributed by atoms with Crippen LogP contribution in [0.1, 0.15) is 15.9 Å². The first-order valence-electron chi connectivity index (χ1n) is 9.20. The van der Waals surface area contributed by atoms with E-state index in [9.17, 15) is 9.59 Å². The maximum atomic E-state index is 12.2. The number of nitrogens with one attached hydrogen (secondary N) is 1. The van der Waals surface area contributed by atoms with Gasteiger partial charge in [-0.15, -0.1) is 0 Å². The molecule has 0 aliphatic rings. The van der Waals surface area contributed by atoms with Gasteiger partial charge in [-0.25, -0.2) is 10.2 Å². The molecule has 0 atom stereocenters. The molecule has 7 nitrogen and oxygen atoms in total. The van der Waals surface area contributed by atoms with Gasteiger partial charge in [0.05, 0.1) is 18.9 Å². The molecule has 1 N–H and O–H groups in total. The first-order valence-corrected chi connectivity index (χ1v) is 9.58. The second kappa shape index (κ2) is 10.8. The summed E-state index contributed by atoms with van der Waals surface area (Å²) in [4.78, 5) is 24.0. The predicted molar refractivity (Wildman–Crippen MR) is 117 cm³/mol. The number of hydrazone groups is 1. The second-order valence-electron chi connectivity index (χ2n) is 6.22. The lowest BCUT2D eigenvalue weighted by molar-refractivity contribution is -0.123. The molecule has 0 heterocycles. The quantitative estimate of drug-likeness (QED) is 0.248. The van der Waals surface area contributed by atoms with Crippen LogP contribution >= 0.6 is 11.6 Å². The smallest absolute Gasteiger partial charge is 0.343 e. The van der Waals surface area contributed by atoms with Crippen molar-refractivity contribution in [2.45, 2.75) is 0 Å². The van der Waals surface area contributed by atoms with Crippen LogP contribution in [0.3, 0.4) is 0 Å². The van der Waals surface area contributed by atoms with Gasteiger partial charge in [0, 0.05) is 5.02 Å². The minimum absolute atomic E-state index is 0.181. The molecule has 8 heteroatoms.